The second-order valence-corrected chi connectivity index (χ2v) is 6.76. The molecule has 0 unspecified atom stereocenters. The van der Waals surface area contributed by atoms with Gasteiger partial charge in [0.15, 0.2) is 0 Å². The Kier molecular flexibility index (Phi) is 5.69. The summed E-state index contributed by atoms with van der Waals surface area (Å²) >= 11 is 0. The number of amides is 1. The summed E-state index contributed by atoms with van der Waals surface area (Å²) in [5.41, 5.74) is 0.429. The Balaban J connectivity index is 1.62. The van der Waals surface area contributed by atoms with Crippen molar-refractivity contribution in [2.24, 2.45) is 0 Å². The smallest absolute Gasteiger partial charge is 0.292 e. The van der Waals surface area contributed by atoms with E-state index in [0.29, 0.717) is 37.2 Å². The maximum absolute atomic E-state index is 13.7. The molecule has 7 heteroatoms. The van der Waals surface area contributed by atoms with Crippen molar-refractivity contribution >= 4 is 17.3 Å². The normalized spacial score (nSPS) is 15.3. The zero-order valence-electron chi connectivity index (χ0n) is 14.9. The van der Waals surface area contributed by atoms with Gasteiger partial charge in [-0.2, -0.15) is 0 Å². The third kappa shape index (κ3) is 4.07. The van der Waals surface area contributed by atoms with Gasteiger partial charge in [-0.25, -0.2) is 4.39 Å². The second-order valence-electron chi connectivity index (χ2n) is 6.76. The molecular formula is C20H22FN3O3. The Labute approximate surface area is 156 Å². The Bertz CT molecular complexity index is 835. The van der Waals surface area contributed by atoms with E-state index in [0.717, 1.165) is 12.8 Å². The third-order valence-corrected chi connectivity index (χ3v) is 5.10. The lowest BCUT2D eigenvalue weighted by Crippen LogP contribution is -2.44. The molecule has 0 saturated heterocycles. The average molecular weight is 371 g/mol. The molecule has 0 aromatic heterocycles. The molecule has 2 aromatic rings. The molecule has 6 nitrogen and oxygen atoms in total. The lowest BCUT2D eigenvalue weighted by molar-refractivity contribution is -0.384. The highest BCUT2D eigenvalue weighted by Crippen LogP contribution is 2.41. The number of carbonyl (C=O) groups excluding carboxylic acids is 1. The Morgan fingerprint density at radius 1 is 1.11 bits per heavy atom. The van der Waals surface area contributed by atoms with Gasteiger partial charge in [-0.1, -0.05) is 37.1 Å². The van der Waals surface area contributed by atoms with Crippen LogP contribution in [-0.2, 0) is 10.2 Å². The Hall–Kier alpha value is -2.96. The predicted octanol–water partition coefficient (Wildman–Crippen LogP) is 3.77. The van der Waals surface area contributed by atoms with Crippen molar-refractivity contribution in [3.8, 4) is 0 Å². The van der Waals surface area contributed by atoms with Crippen molar-refractivity contribution in [1.29, 1.82) is 0 Å². The number of nitro benzene ring substituents is 1. The van der Waals surface area contributed by atoms with Gasteiger partial charge in [-0.15, -0.1) is 0 Å². The van der Waals surface area contributed by atoms with Gasteiger partial charge in [0.05, 0.1) is 10.3 Å². The second kappa shape index (κ2) is 8.16. The molecule has 1 aliphatic carbocycles. The topological polar surface area (TPSA) is 84.3 Å². The van der Waals surface area contributed by atoms with Crippen LogP contribution in [0, 0.1) is 15.9 Å². The minimum absolute atomic E-state index is 0.00384. The van der Waals surface area contributed by atoms with Crippen LogP contribution < -0.4 is 10.6 Å². The van der Waals surface area contributed by atoms with Crippen molar-refractivity contribution in [3.05, 3.63) is 70.0 Å². The number of para-hydroxylation sites is 2. The number of benzene rings is 2. The average Bonchev–Trinajstić information content (AvgIpc) is 3.16. The van der Waals surface area contributed by atoms with Crippen LogP contribution in [0.25, 0.3) is 0 Å². The van der Waals surface area contributed by atoms with Gasteiger partial charge in [0.2, 0.25) is 5.91 Å². The zero-order valence-corrected chi connectivity index (χ0v) is 14.9. The van der Waals surface area contributed by atoms with Gasteiger partial charge in [-0.3, -0.25) is 14.9 Å². The fourth-order valence-corrected chi connectivity index (χ4v) is 3.74. The van der Waals surface area contributed by atoms with Gasteiger partial charge in [0, 0.05) is 19.2 Å². The van der Waals surface area contributed by atoms with Gasteiger partial charge < -0.3 is 10.6 Å². The van der Waals surface area contributed by atoms with Crippen LogP contribution >= 0.6 is 0 Å². The van der Waals surface area contributed by atoms with E-state index < -0.39 is 10.3 Å². The van der Waals surface area contributed by atoms with Crippen LogP contribution in [0.15, 0.2) is 48.5 Å². The summed E-state index contributed by atoms with van der Waals surface area (Å²) in [6.07, 6.45) is 3.25. The summed E-state index contributed by atoms with van der Waals surface area (Å²) in [6.45, 7) is 0.678. The molecule has 1 amide bonds. The highest BCUT2D eigenvalue weighted by molar-refractivity contribution is 5.88. The number of carbonyl (C=O) groups is 1. The number of anilines is 1. The van der Waals surface area contributed by atoms with E-state index in [-0.39, 0.29) is 17.4 Å². The largest absolute Gasteiger partial charge is 0.378 e. The molecule has 0 heterocycles. The van der Waals surface area contributed by atoms with Crippen LogP contribution in [0.4, 0.5) is 15.8 Å². The fraction of sp³-hybridized carbons (Fsp3) is 0.350. The molecule has 0 radical (unpaired) electrons. The molecule has 27 heavy (non-hydrogen) atoms. The number of nitrogens with zero attached hydrogens (tertiary/aromatic N) is 1. The monoisotopic (exact) mass is 371 g/mol. The van der Waals surface area contributed by atoms with Gasteiger partial charge >= 0.3 is 0 Å². The van der Waals surface area contributed by atoms with E-state index >= 15 is 0 Å². The highest BCUT2D eigenvalue weighted by atomic mass is 19.1. The molecule has 142 valence electrons. The van der Waals surface area contributed by atoms with Crippen molar-refractivity contribution in [2.75, 3.05) is 18.4 Å². The molecule has 3 rings (SSSR count). The van der Waals surface area contributed by atoms with Crippen molar-refractivity contribution in [1.82, 2.24) is 5.32 Å². The van der Waals surface area contributed by atoms with Crippen LogP contribution in [0.2, 0.25) is 0 Å². The molecule has 0 spiro atoms. The van der Waals surface area contributed by atoms with E-state index in [4.69, 9.17) is 0 Å². The summed E-state index contributed by atoms with van der Waals surface area (Å²) in [6, 6.07) is 12.6. The summed E-state index contributed by atoms with van der Waals surface area (Å²) in [5, 5.41) is 16.9. The number of hydrogen-bond acceptors (Lipinski definition) is 4. The van der Waals surface area contributed by atoms with Crippen LogP contribution in [-0.4, -0.2) is 23.9 Å². The molecular weight excluding hydrogens is 349 g/mol. The Morgan fingerprint density at radius 2 is 1.85 bits per heavy atom. The van der Waals surface area contributed by atoms with E-state index in [9.17, 15) is 19.3 Å². The first kappa shape index (κ1) is 18.8. The SMILES string of the molecule is O=C(NCCNc1ccccc1[N+](=O)[O-])C1(c2cccc(F)c2)CCCC1. The minimum atomic E-state index is -0.694. The number of nitro groups is 1. The van der Waals surface area contributed by atoms with Gasteiger partial charge in [0.25, 0.3) is 5.69 Å². The summed E-state index contributed by atoms with van der Waals surface area (Å²) in [7, 11) is 0. The lowest BCUT2D eigenvalue weighted by Gasteiger charge is -2.28. The predicted molar refractivity (Wildman–Crippen MR) is 101 cm³/mol. The molecule has 0 bridgehead atoms. The Morgan fingerprint density at radius 3 is 2.56 bits per heavy atom. The summed E-state index contributed by atoms with van der Waals surface area (Å²) in [4.78, 5) is 23.5. The maximum atomic E-state index is 13.7. The van der Waals surface area contributed by atoms with Crippen LogP contribution in [0.5, 0.6) is 0 Å². The number of hydrogen-bond donors (Lipinski definition) is 2. The summed E-state index contributed by atoms with van der Waals surface area (Å²) in [5.74, 6) is -0.459. The molecule has 2 aromatic carbocycles. The number of halogens is 1. The van der Waals surface area contributed by atoms with Crippen LogP contribution in [0.1, 0.15) is 31.2 Å². The van der Waals surface area contributed by atoms with Crippen molar-refractivity contribution in [2.45, 2.75) is 31.1 Å². The van der Waals surface area contributed by atoms with Gasteiger partial charge in [-0.05, 0) is 36.6 Å². The standard InChI is InChI=1S/C20H22FN3O3/c21-16-7-5-6-15(14-16)20(10-3-4-11-20)19(25)23-13-12-22-17-8-1-2-9-18(17)24(26)27/h1-2,5-9,14,22H,3-4,10-13H2,(H,23,25). The minimum Gasteiger partial charge on any atom is -0.378 e. The maximum Gasteiger partial charge on any atom is 0.292 e. The lowest BCUT2D eigenvalue weighted by atomic mass is 9.78. The van der Waals surface area contributed by atoms with Gasteiger partial charge in [0.1, 0.15) is 11.5 Å². The molecule has 0 atom stereocenters. The van der Waals surface area contributed by atoms with E-state index in [1.807, 2.05) is 0 Å². The zero-order chi connectivity index (χ0) is 19.3. The molecule has 1 aliphatic rings. The highest BCUT2D eigenvalue weighted by Gasteiger charge is 2.42. The summed E-state index contributed by atoms with van der Waals surface area (Å²) < 4.78 is 13.7. The molecule has 1 fully saturated rings. The van der Waals surface area contributed by atoms with Crippen LogP contribution in [0.3, 0.4) is 0 Å². The van der Waals surface area contributed by atoms with E-state index in [2.05, 4.69) is 10.6 Å². The first-order chi connectivity index (χ1) is 13.0. The van der Waals surface area contributed by atoms with Crippen molar-refractivity contribution < 1.29 is 14.1 Å². The molecule has 1 saturated carbocycles. The first-order valence-electron chi connectivity index (χ1n) is 9.04. The van der Waals surface area contributed by atoms with Crippen molar-refractivity contribution in [3.63, 3.8) is 0 Å². The van der Waals surface area contributed by atoms with E-state index in [1.54, 1.807) is 30.3 Å². The number of rotatable bonds is 7. The molecule has 2 N–H and O–H groups in total. The third-order valence-electron chi connectivity index (χ3n) is 5.10. The number of nitrogens with one attached hydrogen (secondary N) is 2. The molecule has 0 aliphatic heterocycles. The van der Waals surface area contributed by atoms with E-state index in [1.165, 1.54) is 18.2 Å². The fourth-order valence-electron chi connectivity index (χ4n) is 3.74. The first-order valence-corrected chi connectivity index (χ1v) is 9.04. The quantitative estimate of drug-likeness (QED) is 0.441.